The highest BCUT2D eigenvalue weighted by Crippen LogP contribution is 2.24. The number of fused-ring (bicyclic) bond motifs is 1. The van der Waals surface area contributed by atoms with E-state index in [1.54, 1.807) is 6.20 Å². The second kappa shape index (κ2) is 6.52. The number of nitrogens with zero attached hydrogens (tertiary/aromatic N) is 2. The van der Waals surface area contributed by atoms with Crippen LogP contribution >= 0.6 is 0 Å². The molecule has 23 heavy (non-hydrogen) atoms. The molecule has 0 radical (unpaired) electrons. The lowest BCUT2D eigenvalue weighted by Crippen LogP contribution is -2.08. The van der Waals surface area contributed by atoms with E-state index in [-0.39, 0.29) is 6.10 Å². The van der Waals surface area contributed by atoms with Crippen LogP contribution in [0.1, 0.15) is 19.4 Å². The highest BCUT2D eigenvalue weighted by Gasteiger charge is 2.05. The minimum atomic E-state index is 0.106. The molecule has 0 aliphatic carbocycles. The highest BCUT2D eigenvalue weighted by molar-refractivity contribution is 5.92. The molecule has 0 fully saturated rings. The second-order valence-electron chi connectivity index (χ2n) is 5.63. The lowest BCUT2D eigenvalue weighted by Gasteiger charge is -2.12. The molecule has 5 nitrogen and oxygen atoms in total. The summed E-state index contributed by atoms with van der Waals surface area (Å²) in [5, 5.41) is 4.47. The fourth-order valence-corrected chi connectivity index (χ4v) is 2.41. The van der Waals surface area contributed by atoms with Gasteiger partial charge >= 0.3 is 0 Å². The number of rotatable bonds is 5. The van der Waals surface area contributed by atoms with Crippen molar-refractivity contribution < 1.29 is 4.74 Å². The van der Waals surface area contributed by atoms with Crippen molar-refractivity contribution in [1.29, 1.82) is 0 Å². The Balaban J connectivity index is 1.81. The normalized spacial score (nSPS) is 10.9. The average molecular weight is 308 g/mol. The summed E-state index contributed by atoms with van der Waals surface area (Å²) >= 11 is 0. The van der Waals surface area contributed by atoms with Gasteiger partial charge in [-0.3, -0.25) is 0 Å². The first-order valence-corrected chi connectivity index (χ1v) is 7.62. The summed E-state index contributed by atoms with van der Waals surface area (Å²) < 4.78 is 5.63. The second-order valence-corrected chi connectivity index (χ2v) is 5.63. The van der Waals surface area contributed by atoms with Crippen molar-refractivity contribution in [2.24, 2.45) is 0 Å². The molecule has 0 amide bonds. The molecular formula is C18H20N4O. The Morgan fingerprint density at radius 3 is 2.83 bits per heavy atom. The molecule has 0 bridgehead atoms. The van der Waals surface area contributed by atoms with Gasteiger partial charge in [-0.2, -0.15) is 0 Å². The van der Waals surface area contributed by atoms with Gasteiger partial charge in [0.25, 0.3) is 0 Å². The van der Waals surface area contributed by atoms with Gasteiger partial charge in [0.15, 0.2) is 0 Å². The Morgan fingerprint density at radius 1 is 1.17 bits per heavy atom. The van der Waals surface area contributed by atoms with Gasteiger partial charge in [-0.15, -0.1) is 0 Å². The van der Waals surface area contributed by atoms with Crippen molar-refractivity contribution in [2.75, 3.05) is 11.1 Å². The quantitative estimate of drug-likeness (QED) is 0.753. The Bertz CT molecular complexity index is 817. The fraction of sp³-hybridized carbons (Fsp3) is 0.222. The summed E-state index contributed by atoms with van der Waals surface area (Å²) in [6.45, 7) is 4.63. The maximum atomic E-state index is 5.89. The Labute approximate surface area is 135 Å². The Hall–Kier alpha value is -2.82. The van der Waals surface area contributed by atoms with Crippen LogP contribution in [-0.2, 0) is 6.54 Å². The van der Waals surface area contributed by atoms with Crippen molar-refractivity contribution in [3.63, 3.8) is 0 Å². The summed E-state index contributed by atoms with van der Waals surface area (Å²) in [7, 11) is 0. The summed E-state index contributed by atoms with van der Waals surface area (Å²) in [5.74, 6) is 1.14. The van der Waals surface area contributed by atoms with Crippen molar-refractivity contribution in [1.82, 2.24) is 9.97 Å². The molecule has 5 heteroatoms. The number of hydrogen-bond donors (Lipinski definition) is 2. The number of pyridine rings is 2. The molecule has 0 aliphatic rings. The van der Waals surface area contributed by atoms with Gasteiger partial charge in [0, 0.05) is 35.9 Å². The molecule has 3 rings (SSSR count). The minimum Gasteiger partial charge on any atom is -0.475 e. The molecule has 2 aromatic heterocycles. The van der Waals surface area contributed by atoms with Crippen LogP contribution in [0.25, 0.3) is 10.9 Å². The SMILES string of the molecule is CC(C)Oc1cc(CNc2cc(N)nc3ccccc23)ccn1. The van der Waals surface area contributed by atoms with E-state index in [0.717, 1.165) is 22.2 Å². The number of aromatic nitrogens is 2. The van der Waals surface area contributed by atoms with E-state index in [0.29, 0.717) is 18.2 Å². The largest absolute Gasteiger partial charge is 0.475 e. The summed E-state index contributed by atoms with van der Waals surface area (Å²) in [4.78, 5) is 8.56. The highest BCUT2D eigenvalue weighted by atomic mass is 16.5. The lowest BCUT2D eigenvalue weighted by molar-refractivity contribution is 0.232. The molecule has 0 spiro atoms. The number of nitrogens with two attached hydrogens (primary N) is 1. The van der Waals surface area contributed by atoms with Crippen LogP contribution in [0.15, 0.2) is 48.7 Å². The third kappa shape index (κ3) is 3.69. The number of benzene rings is 1. The van der Waals surface area contributed by atoms with E-state index in [9.17, 15) is 0 Å². The first kappa shape index (κ1) is 15.1. The van der Waals surface area contributed by atoms with Gasteiger partial charge in [-0.25, -0.2) is 9.97 Å². The predicted octanol–water partition coefficient (Wildman–Crippen LogP) is 3.61. The molecule has 118 valence electrons. The molecule has 0 aliphatic heterocycles. The van der Waals surface area contributed by atoms with Gasteiger partial charge in [0.2, 0.25) is 5.88 Å². The third-order valence-corrected chi connectivity index (χ3v) is 3.37. The average Bonchev–Trinajstić information content (AvgIpc) is 2.52. The number of nitrogens with one attached hydrogen (secondary N) is 1. The topological polar surface area (TPSA) is 73.1 Å². The minimum absolute atomic E-state index is 0.106. The van der Waals surface area contributed by atoms with E-state index in [2.05, 4.69) is 15.3 Å². The zero-order chi connectivity index (χ0) is 16.2. The molecule has 2 heterocycles. The number of hydrogen-bond acceptors (Lipinski definition) is 5. The fourth-order valence-electron chi connectivity index (χ4n) is 2.41. The lowest BCUT2D eigenvalue weighted by atomic mass is 10.1. The van der Waals surface area contributed by atoms with Crippen molar-refractivity contribution in [2.45, 2.75) is 26.5 Å². The van der Waals surface area contributed by atoms with Gasteiger partial charge in [0.1, 0.15) is 5.82 Å². The maximum absolute atomic E-state index is 5.89. The van der Waals surface area contributed by atoms with Crippen LogP contribution in [0.3, 0.4) is 0 Å². The first-order valence-electron chi connectivity index (χ1n) is 7.62. The van der Waals surface area contributed by atoms with Crippen LogP contribution in [0.5, 0.6) is 5.88 Å². The molecule has 3 aromatic rings. The molecule has 0 atom stereocenters. The monoisotopic (exact) mass is 308 g/mol. The Kier molecular flexibility index (Phi) is 4.28. The smallest absolute Gasteiger partial charge is 0.213 e. The Morgan fingerprint density at radius 2 is 2.00 bits per heavy atom. The molecule has 0 saturated heterocycles. The zero-order valence-electron chi connectivity index (χ0n) is 13.3. The molecule has 0 unspecified atom stereocenters. The van der Waals surface area contributed by atoms with Gasteiger partial charge in [-0.05, 0) is 31.5 Å². The summed E-state index contributed by atoms with van der Waals surface area (Å²) in [5.41, 5.74) is 8.84. The van der Waals surface area contributed by atoms with Crippen molar-refractivity contribution in [3.8, 4) is 5.88 Å². The van der Waals surface area contributed by atoms with E-state index >= 15 is 0 Å². The molecule has 1 aromatic carbocycles. The molecule has 0 saturated carbocycles. The van der Waals surface area contributed by atoms with Gasteiger partial charge in [0.05, 0.1) is 11.6 Å². The van der Waals surface area contributed by atoms with Crippen LogP contribution in [-0.4, -0.2) is 16.1 Å². The third-order valence-electron chi connectivity index (χ3n) is 3.37. The molecule has 3 N–H and O–H groups in total. The summed E-state index contributed by atoms with van der Waals surface area (Å²) in [6, 6.07) is 13.7. The maximum Gasteiger partial charge on any atom is 0.213 e. The van der Waals surface area contributed by atoms with Crippen LogP contribution in [0, 0.1) is 0 Å². The molecular weight excluding hydrogens is 288 g/mol. The van der Waals surface area contributed by atoms with E-state index in [1.807, 2.05) is 56.3 Å². The van der Waals surface area contributed by atoms with Crippen LogP contribution < -0.4 is 15.8 Å². The first-order chi connectivity index (χ1) is 11.1. The van der Waals surface area contributed by atoms with E-state index in [4.69, 9.17) is 10.5 Å². The number of anilines is 2. The standard InChI is InChI=1S/C18H20N4O/c1-12(2)23-18-9-13(7-8-20-18)11-21-16-10-17(19)22-15-6-4-3-5-14(15)16/h3-10,12H,11H2,1-2H3,(H3,19,21,22). The van der Waals surface area contributed by atoms with E-state index in [1.165, 1.54) is 0 Å². The number of para-hydroxylation sites is 1. The number of ether oxygens (including phenoxy) is 1. The predicted molar refractivity (Wildman–Crippen MR) is 93.5 cm³/mol. The van der Waals surface area contributed by atoms with E-state index < -0.39 is 0 Å². The van der Waals surface area contributed by atoms with Crippen LogP contribution in [0.4, 0.5) is 11.5 Å². The number of nitrogen functional groups attached to an aromatic ring is 1. The van der Waals surface area contributed by atoms with Gasteiger partial charge in [-0.1, -0.05) is 18.2 Å². The van der Waals surface area contributed by atoms with Crippen molar-refractivity contribution >= 4 is 22.4 Å². The van der Waals surface area contributed by atoms with Crippen LogP contribution in [0.2, 0.25) is 0 Å². The van der Waals surface area contributed by atoms with Gasteiger partial charge < -0.3 is 15.8 Å². The summed E-state index contributed by atoms with van der Waals surface area (Å²) in [6.07, 6.45) is 1.86. The zero-order valence-corrected chi connectivity index (χ0v) is 13.3. The van der Waals surface area contributed by atoms with Crippen molar-refractivity contribution in [3.05, 3.63) is 54.2 Å².